The van der Waals surface area contributed by atoms with Crippen molar-refractivity contribution >= 4 is 5.91 Å². The molecule has 2 heterocycles. The molecule has 0 aromatic heterocycles. The van der Waals surface area contributed by atoms with Crippen molar-refractivity contribution in [2.24, 2.45) is 5.84 Å². The number of hydrogen-bond acceptors (Lipinski definition) is 3. The summed E-state index contributed by atoms with van der Waals surface area (Å²) in [6, 6.07) is 0. The molecule has 1 spiro atoms. The van der Waals surface area contributed by atoms with Crippen LogP contribution in [0, 0.1) is 0 Å². The second-order valence-electron chi connectivity index (χ2n) is 3.01. The minimum absolute atomic E-state index is 0.104. The highest BCUT2D eigenvalue weighted by Gasteiger charge is 2.52. The van der Waals surface area contributed by atoms with Gasteiger partial charge in [-0.3, -0.25) is 10.6 Å². The maximum absolute atomic E-state index is 11.0. The smallest absolute Gasteiger partial charge is 0.243 e. The molecule has 56 valence electrons. The van der Waals surface area contributed by atoms with Gasteiger partial charge in [-0.25, -0.2) is 5.01 Å². The Labute approximate surface area is 59.3 Å². The van der Waals surface area contributed by atoms with Crippen LogP contribution in [0.2, 0.25) is 0 Å². The minimum atomic E-state index is -0.306. The number of amides is 1. The Kier molecular flexibility index (Phi) is 1.04. The highest BCUT2D eigenvalue weighted by Crippen LogP contribution is 2.30. The summed E-state index contributed by atoms with van der Waals surface area (Å²) in [6.07, 6.45) is 1.97. The van der Waals surface area contributed by atoms with Crippen molar-refractivity contribution in [2.45, 2.75) is 18.4 Å². The number of hydrazine groups is 1. The normalized spacial score (nSPS) is 39.9. The van der Waals surface area contributed by atoms with E-state index in [1.54, 1.807) is 5.01 Å². The first-order valence-corrected chi connectivity index (χ1v) is 3.56. The molecule has 0 bridgehead atoms. The van der Waals surface area contributed by atoms with Crippen LogP contribution in [0.25, 0.3) is 0 Å². The van der Waals surface area contributed by atoms with Gasteiger partial charge in [-0.1, -0.05) is 0 Å². The summed E-state index contributed by atoms with van der Waals surface area (Å²) >= 11 is 0. The van der Waals surface area contributed by atoms with Gasteiger partial charge < -0.3 is 5.32 Å². The first kappa shape index (κ1) is 6.12. The van der Waals surface area contributed by atoms with Crippen LogP contribution in [-0.4, -0.2) is 29.5 Å². The molecule has 1 amide bonds. The monoisotopic (exact) mass is 141 g/mol. The van der Waals surface area contributed by atoms with E-state index in [9.17, 15) is 4.79 Å². The van der Waals surface area contributed by atoms with Crippen molar-refractivity contribution in [3.8, 4) is 0 Å². The maximum Gasteiger partial charge on any atom is 0.243 e. The van der Waals surface area contributed by atoms with E-state index in [0.717, 1.165) is 25.9 Å². The Morgan fingerprint density at radius 1 is 1.70 bits per heavy atom. The zero-order valence-electron chi connectivity index (χ0n) is 5.76. The van der Waals surface area contributed by atoms with Crippen LogP contribution in [0.1, 0.15) is 12.8 Å². The van der Waals surface area contributed by atoms with Gasteiger partial charge in [0.05, 0.1) is 0 Å². The van der Waals surface area contributed by atoms with Gasteiger partial charge in [0.25, 0.3) is 0 Å². The lowest BCUT2D eigenvalue weighted by Gasteiger charge is -2.41. The minimum Gasteiger partial charge on any atom is -0.352 e. The number of hydrogen-bond donors (Lipinski definition) is 2. The zero-order chi connectivity index (χ0) is 7.19. The maximum atomic E-state index is 11.0. The summed E-state index contributed by atoms with van der Waals surface area (Å²) in [4.78, 5) is 11.0. The van der Waals surface area contributed by atoms with Gasteiger partial charge in [0.15, 0.2) is 0 Å². The van der Waals surface area contributed by atoms with E-state index < -0.39 is 0 Å². The molecular formula is C6H11N3O. The molecule has 1 unspecified atom stereocenters. The second kappa shape index (κ2) is 1.71. The third-order valence-electron chi connectivity index (χ3n) is 2.50. The van der Waals surface area contributed by atoms with Crippen molar-refractivity contribution in [3.05, 3.63) is 0 Å². The lowest BCUT2D eigenvalue weighted by atomic mass is 9.89. The van der Waals surface area contributed by atoms with Crippen molar-refractivity contribution < 1.29 is 4.79 Å². The number of β-lactam (4-membered cyclic amide) rings is 1. The van der Waals surface area contributed by atoms with Crippen molar-refractivity contribution in [3.63, 3.8) is 0 Å². The highest BCUT2D eigenvalue weighted by molar-refractivity contribution is 5.92. The standard InChI is InChI=1S/C6H11N3O/c7-9-3-1-2-6(9)4-8-5(6)10/h1-4,7H2,(H,8,10). The highest BCUT2D eigenvalue weighted by atomic mass is 16.2. The molecule has 0 aromatic rings. The summed E-state index contributed by atoms with van der Waals surface area (Å²) in [5, 5.41) is 4.38. The summed E-state index contributed by atoms with van der Waals surface area (Å²) in [5.41, 5.74) is -0.306. The SMILES string of the molecule is NN1CCCC12CNC2=O. The van der Waals surface area contributed by atoms with Gasteiger partial charge in [0, 0.05) is 13.1 Å². The van der Waals surface area contributed by atoms with E-state index >= 15 is 0 Å². The predicted molar refractivity (Wildman–Crippen MR) is 35.9 cm³/mol. The van der Waals surface area contributed by atoms with E-state index in [0.29, 0.717) is 0 Å². The number of carbonyl (C=O) groups excluding carboxylic acids is 1. The third kappa shape index (κ3) is 0.507. The fourth-order valence-electron chi connectivity index (χ4n) is 1.70. The van der Waals surface area contributed by atoms with E-state index in [2.05, 4.69) is 5.32 Å². The molecule has 0 radical (unpaired) electrons. The summed E-state index contributed by atoms with van der Waals surface area (Å²) in [6.45, 7) is 1.59. The number of nitrogens with two attached hydrogens (primary N) is 1. The second-order valence-corrected chi connectivity index (χ2v) is 3.01. The molecule has 3 N–H and O–H groups in total. The zero-order valence-corrected chi connectivity index (χ0v) is 5.76. The molecule has 2 saturated heterocycles. The van der Waals surface area contributed by atoms with Crippen LogP contribution in [0.5, 0.6) is 0 Å². The molecule has 0 aliphatic carbocycles. The van der Waals surface area contributed by atoms with Crippen molar-refractivity contribution in [2.75, 3.05) is 13.1 Å². The van der Waals surface area contributed by atoms with Gasteiger partial charge in [0.1, 0.15) is 5.54 Å². The largest absolute Gasteiger partial charge is 0.352 e. The van der Waals surface area contributed by atoms with E-state index in [-0.39, 0.29) is 11.4 Å². The quantitative estimate of drug-likeness (QED) is 0.330. The van der Waals surface area contributed by atoms with E-state index in [1.165, 1.54) is 0 Å². The number of nitrogens with one attached hydrogen (secondary N) is 1. The van der Waals surface area contributed by atoms with Crippen molar-refractivity contribution in [1.29, 1.82) is 0 Å². The lowest BCUT2D eigenvalue weighted by Crippen LogP contribution is -2.72. The Balaban J connectivity index is 2.21. The molecule has 2 fully saturated rings. The Hall–Kier alpha value is -0.610. The predicted octanol–water partition coefficient (Wildman–Crippen LogP) is -1.18. The van der Waals surface area contributed by atoms with Crippen LogP contribution in [-0.2, 0) is 4.79 Å². The third-order valence-corrected chi connectivity index (χ3v) is 2.50. The van der Waals surface area contributed by atoms with Gasteiger partial charge in [0.2, 0.25) is 5.91 Å². The Bertz CT molecular complexity index is 182. The van der Waals surface area contributed by atoms with Crippen LogP contribution in [0.15, 0.2) is 0 Å². The molecule has 0 saturated carbocycles. The average molecular weight is 141 g/mol. The number of nitrogens with zero attached hydrogens (tertiary/aromatic N) is 1. The molecular weight excluding hydrogens is 130 g/mol. The van der Waals surface area contributed by atoms with Gasteiger partial charge >= 0.3 is 0 Å². The molecule has 2 aliphatic rings. The lowest BCUT2D eigenvalue weighted by molar-refractivity contribution is -0.141. The number of carbonyl (C=O) groups is 1. The van der Waals surface area contributed by atoms with Crippen LogP contribution >= 0.6 is 0 Å². The first-order chi connectivity index (χ1) is 4.76. The molecule has 1 atom stereocenters. The van der Waals surface area contributed by atoms with Gasteiger partial charge in [-0.2, -0.15) is 0 Å². The fourth-order valence-corrected chi connectivity index (χ4v) is 1.70. The molecule has 10 heavy (non-hydrogen) atoms. The number of rotatable bonds is 0. The van der Waals surface area contributed by atoms with E-state index in [4.69, 9.17) is 5.84 Å². The molecule has 2 aliphatic heterocycles. The van der Waals surface area contributed by atoms with Crippen molar-refractivity contribution in [1.82, 2.24) is 10.3 Å². The van der Waals surface area contributed by atoms with Crippen LogP contribution < -0.4 is 11.2 Å². The summed E-state index contributed by atoms with van der Waals surface area (Å²) < 4.78 is 0. The van der Waals surface area contributed by atoms with Crippen LogP contribution in [0.4, 0.5) is 0 Å². The summed E-state index contributed by atoms with van der Waals surface area (Å²) in [5.74, 6) is 5.74. The summed E-state index contributed by atoms with van der Waals surface area (Å²) in [7, 11) is 0. The Morgan fingerprint density at radius 2 is 2.50 bits per heavy atom. The van der Waals surface area contributed by atoms with E-state index in [1.807, 2.05) is 0 Å². The molecule has 4 nitrogen and oxygen atoms in total. The topological polar surface area (TPSA) is 58.4 Å². The fraction of sp³-hybridized carbons (Fsp3) is 0.833. The van der Waals surface area contributed by atoms with Gasteiger partial charge in [-0.05, 0) is 12.8 Å². The molecule has 0 aromatic carbocycles. The van der Waals surface area contributed by atoms with Gasteiger partial charge in [-0.15, -0.1) is 0 Å². The molecule has 4 heteroatoms. The first-order valence-electron chi connectivity index (χ1n) is 3.56. The average Bonchev–Trinajstić information content (AvgIpc) is 2.30. The Morgan fingerprint density at radius 3 is 2.70 bits per heavy atom. The van der Waals surface area contributed by atoms with Crippen LogP contribution in [0.3, 0.4) is 0 Å². The molecule has 2 rings (SSSR count).